The molecule has 0 unspecified atom stereocenters. The van der Waals surface area contributed by atoms with E-state index in [9.17, 15) is 4.79 Å². The number of fused-ring (bicyclic) bond motifs is 1. The van der Waals surface area contributed by atoms with Crippen LogP contribution in [0.3, 0.4) is 0 Å². The van der Waals surface area contributed by atoms with E-state index in [1.165, 1.54) is 0 Å². The lowest BCUT2D eigenvalue weighted by Gasteiger charge is -2.09. The maximum Gasteiger partial charge on any atom is 0.276 e. The number of benzene rings is 2. The Morgan fingerprint density at radius 3 is 2.42 bits per heavy atom. The molecule has 116 valence electrons. The van der Waals surface area contributed by atoms with Crippen LogP contribution >= 0.6 is 0 Å². The van der Waals surface area contributed by atoms with E-state index in [-0.39, 0.29) is 5.91 Å². The second-order valence-corrected chi connectivity index (χ2v) is 5.26. The van der Waals surface area contributed by atoms with Crippen molar-refractivity contribution in [1.29, 1.82) is 0 Å². The van der Waals surface area contributed by atoms with Crippen LogP contribution in [0.4, 0.5) is 5.95 Å². The molecule has 2 heterocycles. The minimum absolute atomic E-state index is 0.289. The number of nitrogens with zero attached hydrogens (tertiary/aromatic N) is 3. The van der Waals surface area contributed by atoms with Crippen molar-refractivity contribution < 1.29 is 4.79 Å². The molecule has 5 heteroatoms. The van der Waals surface area contributed by atoms with Crippen LogP contribution in [0.25, 0.3) is 16.7 Å². The number of carbonyl (C=O) groups excluding carboxylic acids is 1. The van der Waals surface area contributed by atoms with E-state index in [4.69, 9.17) is 0 Å². The molecule has 4 aromatic rings. The van der Waals surface area contributed by atoms with Crippen molar-refractivity contribution >= 4 is 22.9 Å². The molecule has 2 aromatic heterocycles. The summed E-state index contributed by atoms with van der Waals surface area (Å²) in [6.07, 6.45) is 1.59. The smallest absolute Gasteiger partial charge is 0.276 e. The first kappa shape index (κ1) is 14.1. The molecule has 24 heavy (non-hydrogen) atoms. The van der Waals surface area contributed by atoms with Crippen LogP contribution in [-0.4, -0.2) is 20.4 Å². The minimum atomic E-state index is -0.289. The van der Waals surface area contributed by atoms with E-state index in [0.717, 1.165) is 16.7 Å². The molecule has 0 bridgehead atoms. The number of amides is 1. The fraction of sp³-hybridized carbons (Fsp3) is 0. The van der Waals surface area contributed by atoms with Gasteiger partial charge in [-0.15, -0.1) is 0 Å². The Kier molecular flexibility index (Phi) is 3.51. The van der Waals surface area contributed by atoms with Crippen molar-refractivity contribution in [1.82, 2.24) is 14.5 Å². The van der Waals surface area contributed by atoms with Gasteiger partial charge in [-0.1, -0.05) is 36.4 Å². The summed E-state index contributed by atoms with van der Waals surface area (Å²) in [6, 6.07) is 22.8. The molecule has 0 aliphatic rings. The Labute approximate surface area is 138 Å². The molecule has 0 radical (unpaired) electrons. The zero-order chi connectivity index (χ0) is 16.4. The van der Waals surface area contributed by atoms with Crippen molar-refractivity contribution in [2.75, 3.05) is 5.32 Å². The van der Waals surface area contributed by atoms with Crippen molar-refractivity contribution in [3.05, 3.63) is 84.7 Å². The van der Waals surface area contributed by atoms with E-state index < -0.39 is 0 Å². The average Bonchev–Trinajstić information content (AvgIpc) is 3.01. The second-order valence-electron chi connectivity index (χ2n) is 5.26. The number of rotatable bonds is 3. The topological polar surface area (TPSA) is 59.8 Å². The summed E-state index contributed by atoms with van der Waals surface area (Å²) in [5, 5.41) is 2.87. The fourth-order valence-corrected chi connectivity index (χ4v) is 2.61. The molecule has 0 atom stereocenters. The van der Waals surface area contributed by atoms with E-state index >= 15 is 0 Å². The first-order chi connectivity index (χ1) is 11.8. The first-order valence-corrected chi connectivity index (χ1v) is 7.58. The molecule has 0 aliphatic heterocycles. The largest absolute Gasteiger partial charge is 0.290 e. The number of carbonyl (C=O) groups is 1. The third kappa shape index (κ3) is 2.52. The van der Waals surface area contributed by atoms with E-state index in [1.807, 2.05) is 59.2 Å². The number of imidazole rings is 1. The van der Waals surface area contributed by atoms with Gasteiger partial charge in [0, 0.05) is 11.9 Å². The summed E-state index contributed by atoms with van der Waals surface area (Å²) >= 11 is 0. The van der Waals surface area contributed by atoms with Crippen molar-refractivity contribution in [3.8, 4) is 5.69 Å². The Hall–Kier alpha value is -3.47. The SMILES string of the molecule is O=C(Nc1nc2ccccc2n1-c1ccccc1)c1ccccn1. The Morgan fingerprint density at radius 1 is 0.875 bits per heavy atom. The quantitative estimate of drug-likeness (QED) is 0.627. The summed E-state index contributed by atoms with van der Waals surface area (Å²) in [6.45, 7) is 0. The molecule has 0 fully saturated rings. The Balaban J connectivity index is 1.82. The molecular weight excluding hydrogens is 300 g/mol. The number of para-hydroxylation sites is 3. The van der Waals surface area contributed by atoms with Crippen LogP contribution in [0.5, 0.6) is 0 Å². The number of nitrogens with one attached hydrogen (secondary N) is 1. The average molecular weight is 314 g/mol. The highest BCUT2D eigenvalue weighted by Gasteiger charge is 2.15. The molecule has 2 aromatic carbocycles. The minimum Gasteiger partial charge on any atom is -0.290 e. The van der Waals surface area contributed by atoms with Gasteiger partial charge in [-0.05, 0) is 36.4 Å². The first-order valence-electron chi connectivity index (χ1n) is 7.58. The van der Waals surface area contributed by atoms with Gasteiger partial charge in [0.05, 0.1) is 11.0 Å². The van der Waals surface area contributed by atoms with Gasteiger partial charge >= 0.3 is 0 Å². The molecule has 0 aliphatic carbocycles. The molecule has 5 nitrogen and oxygen atoms in total. The van der Waals surface area contributed by atoms with Gasteiger partial charge < -0.3 is 0 Å². The lowest BCUT2D eigenvalue weighted by atomic mass is 10.3. The van der Waals surface area contributed by atoms with Crippen molar-refractivity contribution in [2.45, 2.75) is 0 Å². The molecule has 1 N–H and O–H groups in total. The molecule has 0 spiro atoms. The second kappa shape index (κ2) is 5.96. The van der Waals surface area contributed by atoms with E-state index in [1.54, 1.807) is 24.4 Å². The monoisotopic (exact) mass is 314 g/mol. The van der Waals surface area contributed by atoms with Gasteiger partial charge in [0.1, 0.15) is 5.69 Å². The van der Waals surface area contributed by atoms with Crippen LogP contribution in [0.2, 0.25) is 0 Å². The molecule has 4 rings (SSSR count). The van der Waals surface area contributed by atoms with Crippen LogP contribution in [0.15, 0.2) is 79.0 Å². The molecule has 1 amide bonds. The van der Waals surface area contributed by atoms with Crippen LogP contribution < -0.4 is 5.32 Å². The maximum absolute atomic E-state index is 12.4. The van der Waals surface area contributed by atoms with Crippen molar-refractivity contribution in [3.63, 3.8) is 0 Å². The number of aromatic nitrogens is 3. The van der Waals surface area contributed by atoms with Gasteiger partial charge in [-0.2, -0.15) is 0 Å². The maximum atomic E-state index is 12.4. The Morgan fingerprint density at radius 2 is 1.62 bits per heavy atom. The van der Waals surface area contributed by atoms with Gasteiger partial charge in [0.25, 0.3) is 5.91 Å². The van der Waals surface area contributed by atoms with Gasteiger partial charge in [-0.25, -0.2) is 4.98 Å². The normalized spacial score (nSPS) is 10.7. The number of anilines is 1. The van der Waals surface area contributed by atoms with Gasteiger partial charge in [-0.3, -0.25) is 19.7 Å². The van der Waals surface area contributed by atoms with Crippen LogP contribution in [-0.2, 0) is 0 Å². The predicted octanol–water partition coefficient (Wildman–Crippen LogP) is 3.67. The van der Waals surface area contributed by atoms with Crippen molar-refractivity contribution in [2.24, 2.45) is 0 Å². The molecule has 0 saturated carbocycles. The summed E-state index contributed by atoms with van der Waals surface area (Å²) in [4.78, 5) is 21.1. The highest BCUT2D eigenvalue weighted by Crippen LogP contribution is 2.24. The summed E-state index contributed by atoms with van der Waals surface area (Å²) in [5.41, 5.74) is 3.03. The zero-order valence-corrected chi connectivity index (χ0v) is 12.8. The molecular formula is C19H14N4O. The standard InChI is InChI=1S/C19H14N4O/c24-18(16-11-6-7-13-20-16)22-19-21-15-10-4-5-12-17(15)23(19)14-8-2-1-3-9-14/h1-13H,(H,21,22,24). The summed E-state index contributed by atoms with van der Waals surface area (Å²) in [7, 11) is 0. The summed E-state index contributed by atoms with van der Waals surface area (Å²) < 4.78 is 1.93. The fourth-order valence-electron chi connectivity index (χ4n) is 2.61. The van der Waals surface area contributed by atoms with Crippen LogP contribution in [0, 0.1) is 0 Å². The van der Waals surface area contributed by atoms with E-state index in [2.05, 4.69) is 15.3 Å². The van der Waals surface area contributed by atoms with Gasteiger partial charge in [0.2, 0.25) is 5.95 Å². The predicted molar refractivity (Wildman–Crippen MR) is 93.3 cm³/mol. The van der Waals surface area contributed by atoms with Gasteiger partial charge in [0.15, 0.2) is 0 Å². The number of hydrogen-bond donors (Lipinski definition) is 1. The molecule has 0 saturated heterocycles. The summed E-state index contributed by atoms with van der Waals surface area (Å²) in [5.74, 6) is 0.182. The van der Waals surface area contributed by atoms with E-state index in [0.29, 0.717) is 11.6 Å². The third-order valence-corrected chi connectivity index (χ3v) is 3.70. The zero-order valence-electron chi connectivity index (χ0n) is 12.8. The van der Waals surface area contributed by atoms with Crippen LogP contribution in [0.1, 0.15) is 10.5 Å². The highest BCUT2D eigenvalue weighted by molar-refractivity contribution is 6.03. The third-order valence-electron chi connectivity index (χ3n) is 3.70. The lowest BCUT2D eigenvalue weighted by Crippen LogP contribution is -2.16. The number of pyridine rings is 1. The number of hydrogen-bond acceptors (Lipinski definition) is 3. The highest BCUT2D eigenvalue weighted by atomic mass is 16.2. The Bertz CT molecular complexity index is 994. The lowest BCUT2D eigenvalue weighted by molar-refractivity contribution is 0.102.